The molecular formula is C18H17N3O5S. The third-order valence-electron chi connectivity index (χ3n) is 3.74. The van der Waals surface area contributed by atoms with Gasteiger partial charge in [-0.05, 0) is 23.3 Å². The van der Waals surface area contributed by atoms with Crippen molar-refractivity contribution >= 4 is 17.4 Å². The summed E-state index contributed by atoms with van der Waals surface area (Å²) in [6.45, 7) is 0. The lowest BCUT2D eigenvalue weighted by Crippen LogP contribution is -1.94. The van der Waals surface area contributed by atoms with Gasteiger partial charge in [-0.15, -0.1) is 10.2 Å². The number of ether oxygens (including phenoxy) is 2. The van der Waals surface area contributed by atoms with Crippen LogP contribution in [0.5, 0.6) is 11.5 Å². The van der Waals surface area contributed by atoms with Crippen molar-refractivity contribution in [3.63, 3.8) is 0 Å². The van der Waals surface area contributed by atoms with Gasteiger partial charge in [0, 0.05) is 17.9 Å². The van der Waals surface area contributed by atoms with E-state index in [1.807, 2.05) is 24.3 Å². The summed E-state index contributed by atoms with van der Waals surface area (Å²) in [7, 11) is 3.16. The topological polar surface area (TPSA) is 101 Å². The second-order valence-corrected chi connectivity index (χ2v) is 6.47. The molecule has 0 atom stereocenters. The van der Waals surface area contributed by atoms with Gasteiger partial charge in [0.1, 0.15) is 0 Å². The maximum atomic E-state index is 10.8. The van der Waals surface area contributed by atoms with Crippen LogP contribution in [0.1, 0.15) is 17.0 Å². The van der Waals surface area contributed by atoms with E-state index >= 15 is 0 Å². The van der Waals surface area contributed by atoms with Crippen LogP contribution in [-0.2, 0) is 12.2 Å². The summed E-state index contributed by atoms with van der Waals surface area (Å²) in [6.07, 6.45) is 0.463. The van der Waals surface area contributed by atoms with Gasteiger partial charge >= 0.3 is 0 Å². The molecule has 0 aliphatic carbocycles. The Balaban J connectivity index is 1.63. The predicted molar refractivity (Wildman–Crippen MR) is 99.3 cm³/mol. The van der Waals surface area contributed by atoms with E-state index in [4.69, 9.17) is 13.9 Å². The van der Waals surface area contributed by atoms with Gasteiger partial charge in [-0.2, -0.15) is 0 Å². The van der Waals surface area contributed by atoms with Crippen LogP contribution in [0, 0.1) is 10.1 Å². The summed E-state index contributed by atoms with van der Waals surface area (Å²) in [6, 6.07) is 12.1. The summed E-state index contributed by atoms with van der Waals surface area (Å²) in [4.78, 5) is 10.4. The van der Waals surface area contributed by atoms with Crippen LogP contribution in [0.25, 0.3) is 0 Å². The number of thioether (sulfide) groups is 1. The van der Waals surface area contributed by atoms with Crippen molar-refractivity contribution in [2.75, 3.05) is 14.2 Å². The second-order valence-electron chi connectivity index (χ2n) is 5.54. The molecule has 0 amide bonds. The molecule has 0 fully saturated rings. The van der Waals surface area contributed by atoms with Gasteiger partial charge in [-0.1, -0.05) is 30.0 Å². The minimum atomic E-state index is -0.415. The van der Waals surface area contributed by atoms with E-state index in [-0.39, 0.29) is 5.69 Å². The zero-order valence-corrected chi connectivity index (χ0v) is 15.6. The molecule has 8 nitrogen and oxygen atoms in total. The van der Waals surface area contributed by atoms with Gasteiger partial charge in [0.05, 0.1) is 25.6 Å². The highest BCUT2D eigenvalue weighted by Gasteiger charge is 2.12. The van der Waals surface area contributed by atoms with Crippen LogP contribution in [0.2, 0.25) is 0 Å². The van der Waals surface area contributed by atoms with Crippen molar-refractivity contribution in [2.45, 2.75) is 17.4 Å². The van der Waals surface area contributed by atoms with E-state index in [1.165, 1.54) is 23.9 Å². The SMILES string of the molecule is COc1ccc(Cc2nnc(SCc3cccc([N+](=O)[O-])c3)o2)cc1OC. The Morgan fingerprint density at radius 3 is 2.63 bits per heavy atom. The van der Waals surface area contributed by atoms with Crippen molar-refractivity contribution < 1.29 is 18.8 Å². The smallest absolute Gasteiger partial charge is 0.276 e. The predicted octanol–water partition coefficient (Wildman–Crippen LogP) is 3.88. The number of non-ortho nitro benzene ring substituents is 1. The first-order valence-corrected chi connectivity index (χ1v) is 8.97. The van der Waals surface area contributed by atoms with Crippen molar-refractivity contribution in [3.05, 3.63) is 69.6 Å². The number of nitro groups is 1. The summed E-state index contributed by atoms with van der Waals surface area (Å²) >= 11 is 1.33. The molecule has 0 spiro atoms. The third kappa shape index (κ3) is 4.76. The Bertz CT molecular complexity index is 944. The maximum Gasteiger partial charge on any atom is 0.276 e. The molecule has 0 saturated carbocycles. The standard InChI is InChI=1S/C18H17N3O5S/c1-24-15-7-6-12(9-16(15)25-2)10-17-19-20-18(26-17)27-11-13-4-3-5-14(8-13)21(22)23/h3-9H,10-11H2,1-2H3. The molecular weight excluding hydrogens is 370 g/mol. The molecule has 0 radical (unpaired) electrons. The van der Waals surface area contributed by atoms with Crippen LogP contribution in [0.15, 0.2) is 52.1 Å². The fourth-order valence-corrected chi connectivity index (χ4v) is 3.16. The van der Waals surface area contributed by atoms with Crippen LogP contribution in [0.3, 0.4) is 0 Å². The average Bonchev–Trinajstić information content (AvgIpc) is 3.13. The van der Waals surface area contributed by atoms with E-state index in [0.29, 0.717) is 34.8 Å². The van der Waals surface area contributed by atoms with Crippen LogP contribution >= 0.6 is 11.8 Å². The largest absolute Gasteiger partial charge is 0.493 e. The molecule has 1 aromatic heterocycles. The lowest BCUT2D eigenvalue weighted by molar-refractivity contribution is -0.384. The second kappa shape index (κ2) is 8.54. The summed E-state index contributed by atoms with van der Waals surface area (Å²) in [5, 5.41) is 19.3. The molecule has 140 valence electrons. The molecule has 0 unspecified atom stereocenters. The number of methoxy groups -OCH3 is 2. The Kier molecular flexibility index (Phi) is 5.92. The van der Waals surface area contributed by atoms with Crippen LogP contribution < -0.4 is 9.47 Å². The highest BCUT2D eigenvalue weighted by Crippen LogP contribution is 2.29. The molecule has 0 bridgehead atoms. The molecule has 0 aliphatic heterocycles. The molecule has 0 saturated heterocycles. The van der Waals surface area contributed by atoms with Crippen molar-refractivity contribution in [3.8, 4) is 11.5 Å². The minimum absolute atomic E-state index is 0.0628. The molecule has 9 heteroatoms. The van der Waals surface area contributed by atoms with Crippen molar-refractivity contribution in [1.29, 1.82) is 0 Å². The monoisotopic (exact) mass is 387 g/mol. The Morgan fingerprint density at radius 1 is 1.07 bits per heavy atom. The number of hydrogen-bond acceptors (Lipinski definition) is 8. The highest BCUT2D eigenvalue weighted by molar-refractivity contribution is 7.98. The van der Waals surface area contributed by atoms with Gasteiger partial charge < -0.3 is 13.9 Å². The highest BCUT2D eigenvalue weighted by atomic mass is 32.2. The third-order valence-corrected chi connectivity index (χ3v) is 4.62. The van der Waals surface area contributed by atoms with E-state index in [9.17, 15) is 10.1 Å². The van der Waals surface area contributed by atoms with Gasteiger partial charge in [0.15, 0.2) is 11.5 Å². The molecule has 1 heterocycles. The maximum absolute atomic E-state index is 10.8. The lowest BCUT2D eigenvalue weighted by Gasteiger charge is -2.08. The lowest BCUT2D eigenvalue weighted by atomic mass is 10.1. The zero-order chi connectivity index (χ0) is 19.2. The number of benzene rings is 2. The fraction of sp³-hybridized carbons (Fsp3) is 0.222. The van der Waals surface area contributed by atoms with Gasteiger partial charge in [0.25, 0.3) is 10.9 Å². The molecule has 0 N–H and O–H groups in total. The number of nitrogens with zero attached hydrogens (tertiary/aromatic N) is 3. The Hall–Kier alpha value is -3.07. The fourth-order valence-electron chi connectivity index (χ4n) is 2.44. The van der Waals surface area contributed by atoms with E-state index in [1.54, 1.807) is 20.3 Å². The number of hydrogen-bond donors (Lipinski definition) is 0. The van der Waals surface area contributed by atoms with Crippen molar-refractivity contribution in [1.82, 2.24) is 10.2 Å². The first-order chi connectivity index (χ1) is 13.1. The molecule has 3 aromatic rings. The number of aromatic nitrogens is 2. The normalized spacial score (nSPS) is 10.6. The van der Waals surface area contributed by atoms with Crippen molar-refractivity contribution in [2.24, 2.45) is 0 Å². The molecule has 27 heavy (non-hydrogen) atoms. The van der Waals surface area contributed by atoms with Gasteiger partial charge in [-0.25, -0.2) is 0 Å². The van der Waals surface area contributed by atoms with E-state index in [0.717, 1.165) is 11.1 Å². The summed E-state index contributed by atoms with van der Waals surface area (Å²) in [5.74, 6) is 2.26. The first-order valence-electron chi connectivity index (χ1n) is 7.98. The Morgan fingerprint density at radius 2 is 1.89 bits per heavy atom. The average molecular weight is 387 g/mol. The van der Waals surface area contributed by atoms with E-state index < -0.39 is 4.92 Å². The quantitative estimate of drug-likeness (QED) is 0.326. The summed E-state index contributed by atoms with van der Waals surface area (Å²) in [5.41, 5.74) is 1.83. The number of rotatable bonds is 8. The van der Waals surface area contributed by atoms with Crippen LogP contribution in [0.4, 0.5) is 5.69 Å². The first kappa shape index (κ1) is 18.7. The van der Waals surface area contributed by atoms with Gasteiger partial charge in [-0.3, -0.25) is 10.1 Å². The van der Waals surface area contributed by atoms with Crippen LogP contribution in [-0.4, -0.2) is 29.3 Å². The molecule has 3 rings (SSSR count). The van der Waals surface area contributed by atoms with Gasteiger partial charge in [0.2, 0.25) is 5.89 Å². The minimum Gasteiger partial charge on any atom is -0.493 e. The van der Waals surface area contributed by atoms with E-state index in [2.05, 4.69) is 10.2 Å². The zero-order valence-electron chi connectivity index (χ0n) is 14.7. The Labute approximate surface area is 159 Å². The molecule has 2 aromatic carbocycles. The molecule has 0 aliphatic rings. The number of nitro benzene ring substituents is 1. The summed E-state index contributed by atoms with van der Waals surface area (Å²) < 4.78 is 16.2.